The molecule has 0 aliphatic carbocycles. The Kier molecular flexibility index (Phi) is 4.63. The van der Waals surface area contributed by atoms with E-state index in [1.807, 2.05) is 23.6 Å². The van der Waals surface area contributed by atoms with Crippen molar-refractivity contribution in [3.05, 3.63) is 40.9 Å². The molecule has 0 bridgehead atoms. The lowest BCUT2D eigenvalue weighted by Gasteiger charge is -2.22. The summed E-state index contributed by atoms with van der Waals surface area (Å²) in [5.74, 6) is -0.796. The van der Waals surface area contributed by atoms with Crippen LogP contribution < -0.4 is 5.32 Å². The number of carboxylic acids is 1. The van der Waals surface area contributed by atoms with Gasteiger partial charge in [-0.25, -0.2) is 4.98 Å². The van der Waals surface area contributed by atoms with Gasteiger partial charge in [0.15, 0.2) is 5.13 Å². The standard InChI is InChI=1S/C16H20N2O2S/c1-16(2,3)12-6-4-5-7-13(12)18-15-17-11(10-21-15)8-9-14(19)20/h4-7,10H,8-9H2,1-3H3,(H,17,18)(H,19,20). The number of carbonyl (C=O) groups is 1. The van der Waals surface area contributed by atoms with Crippen LogP contribution >= 0.6 is 11.3 Å². The Labute approximate surface area is 128 Å². The van der Waals surface area contributed by atoms with Crippen LogP contribution in [0.2, 0.25) is 0 Å². The molecule has 0 fully saturated rings. The number of rotatable bonds is 5. The fourth-order valence-electron chi connectivity index (χ4n) is 2.08. The Morgan fingerprint density at radius 1 is 1.33 bits per heavy atom. The van der Waals surface area contributed by atoms with Gasteiger partial charge < -0.3 is 10.4 Å². The number of anilines is 2. The highest BCUT2D eigenvalue weighted by Crippen LogP contribution is 2.32. The summed E-state index contributed by atoms with van der Waals surface area (Å²) in [6.45, 7) is 6.52. The molecular formula is C16H20N2O2S. The van der Waals surface area contributed by atoms with Gasteiger partial charge in [0, 0.05) is 17.5 Å². The molecule has 0 radical (unpaired) electrons. The van der Waals surface area contributed by atoms with Gasteiger partial charge in [-0.3, -0.25) is 4.79 Å². The Morgan fingerprint density at radius 2 is 2.05 bits per heavy atom. The summed E-state index contributed by atoms with van der Waals surface area (Å²) < 4.78 is 0. The lowest BCUT2D eigenvalue weighted by molar-refractivity contribution is -0.136. The highest BCUT2D eigenvalue weighted by atomic mass is 32.1. The minimum atomic E-state index is -0.796. The van der Waals surface area contributed by atoms with E-state index in [-0.39, 0.29) is 11.8 Å². The van der Waals surface area contributed by atoms with Gasteiger partial charge in [0.25, 0.3) is 0 Å². The summed E-state index contributed by atoms with van der Waals surface area (Å²) in [7, 11) is 0. The minimum Gasteiger partial charge on any atom is -0.481 e. The van der Waals surface area contributed by atoms with E-state index in [1.165, 1.54) is 16.9 Å². The lowest BCUT2D eigenvalue weighted by atomic mass is 9.86. The molecule has 2 N–H and O–H groups in total. The van der Waals surface area contributed by atoms with Gasteiger partial charge in [-0.15, -0.1) is 11.3 Å². The number of hydrogen-bond donors (Lipinski definition) is 2. The number of aryl methyl sites for hydroxylation is 1. The van der Waals surface area contributed by atoms with Crippen molar-refractivity contribution >= 4 is 28.1 Å². The quantitative estimate of drug-likeness (QED) is 0.869. The van der Waals surface area contributed by atoms with Gasteiger partial charge in [-0.2, -0.15) is 0 Å². The van der Waals surface area contributed by atoms with Crippen molar-refractivity contribution in [2.24, 2.45) is 0 Å². The molecule has 2 rings (SSSR count). The first-order valence-corrected chi connectivity index (χ1v) is 7.77. The molecule has 0 amide bonds. The summed E-state index contributed by atoms with van der Waals surface area (Å²) in [5, 5.41) is 14.8. The molecule has 0 spiro atoms. The smallest absolute Gasteiger partial charge is 0.303 e. The van der Waals surface area contributed by atoms with Crippen LogP contribution in [-0.2, 0) is 16.6 Å². The normalized spacial score (nSPS) is 11.4. The zero-order valence-electron chi connectivity index (χ0n) is 12.5. The molecule has 2 aromatic rings. The van der Waals surface area contributed by atoms with Crippen LogP contribution in [0.25, 0.3) is 0 Å². The minimum absolute atomic E-state index is 0.0486. The predicted octanol–water partition coefficient (Wildman–Crippen LogP) is 4.20. The highest BCUT2D eigenvalue weighted by molar-refractivity contribution is 7.13. The summed E-state index contributed by atoms with van der Waals surface area (Å²) in [4.78, 5) is 15.0. The summed E-state index contributed by atoms with van der Waals surface area (Å²) in [6.07, 6.45) is 0.580. The molecule has 1 aromatic heterocycles. The first-order valence-electron chi connectivity index (χ1n) is 6.89. The van der Waals surface area contributed by atoms with Crippen molar-refractivity contribution < 1.29 is 9.90 Å². The Morgan fingerprint density at radius 3 is 2.71 bits per heavy atom. The monoisotopic (exact) mass is 304 g/mol. The van der Waals surface area contributed by atoms with Crippen LogP contribution in [0.3, 0.4) is 0 Å². The molecule has 0 saturated heterocycles. The van der Waals surface area contributed by atoms with Gasteiger partial charge in [-0.1, -0.05) is 39.0 Å². The average molecular weight is 304 g/mol. The number of benzene rings is 1. The number of hydrogen-bond acceptors (Lipinski definition) is 4. The van der Waals surface area contributed by atoms with Crippen LogP contribution in [0.5, 0.6) is 0 Å². The Hall–Kier alpha value is -1.88. The lowest BCUT2D eigenvalue weighted by Crippen LogP contribution is -2.13. The van der Waals surface area contributed by atoms with Gasteiger partial charge in [0.05, 0.1) is 12.1 Å². The zero-order chi connectivity index (χ0) is 15.5. The van der Waals surface area contributed by atoms with Crippen LogP contribution in [0, 0.1) is 0 Å². The number of nitrogens with zero attached hydrogens (tertiary/aromatic N) is 1. The van der Waals surface area contributed by atoms with E-state index < -0.39 is 5.97 Å². The number of carboxylic acid groups (broad SMARTS) is 1. The first kappa shape index (κ1) is 15.5. The predicted molar refractivity (Wildman–Crippen MR) is 86.5 cm³/mol. The fourth-order valence-corrected chi connectivity index (χ4v) is 2.83. The third-order valence-corrected chi connectivity index (χ3v) is 3.93. The maximum Gasteiger partial charge on any atom is 0.303 e. The maximum atomic E-state index is 10.6. The van der Waals surface area contributed by atoms with E-state index in [4.69, 9.17) is 5.11 Å². The van der Waals surface area contributed by atoms with Crippen LogP contribution in [0.15, 0.2) is 29.6 Å². The number of thiazole rings is 1. The molecule has 0 aliphatic rings. The zero-order valence-corrected chi connectivity index (χ0v) is 13.3. The molecule has 4 nitrogen and oxygen atoms in total. The number of aliphatic carboxylic acids is 1. The molecule has 1 heterocycles. The summed E-state index contributed by atoms with van der Waals surface area (Å²) in [6, 6.07) is 8.18. The van der Waals surface area contributed by atoms with E-state index in [1.54, 1.807) is 0 Å². The molecule has 5 heteroatoms. The van der Waals surface area contributed by atoms with E-state index in [2.05, 4.69) is 37.1 Å². The molecule has 0 unspecified atom stereocenters. The maximum absolute atomic E-state index is 10.6. The highest BCUT2D eigenvalue weighted by Gasteiger charge is 2.18. The van der Waals surface area contributed by atoms with Gasteiger partial charge in [-0.05, 0) is 17.0 Å². The topological polar surface area (TPSA) is 62.2 Å². The summed E-state index contributed by atoms with van der Waals surface area (Å²) in [5.41, 5.74) is 3.14. The molecule has 1 aromatic carbocycles. The SMILES string of the molecule is CC(C)(C)c1ccccc1Nc1nc(CCC(=O)O)cs1. The second kappa shape index (κ2) is 6.26. The van der Waals surface area contributed by atoms with E-state index >= 15 is 0 Å². The van der Waals surface area contributed by atoms with E-state index in [9.17, 15) is 4.79 Å². The number of aromatic nitrogens is 1. The fraction of sp³-hybridized carbons (Fsp3) is 0.375. The number of nitrogens with one attached hydrogen (secondary N) is 1. The first-order chi connectivity index (χ1) is 9.86. The van der Waals surface area contributed by atoms with Crippen molar-refractivity contribution in [2.45, 2.75) is 39.0 Å². The van der Waals surface area contributed by atoms with Crippen molar-refractivity contribution in [1.29, 1.82) is 0 Å². The van der Waals surface area contributed by atoms with Crippen molar-refractivity contribution in [1.82, 2.24) is 4.98 Å². The van der Waals surface area contributed by atoms with Crippen LogP contribution in [0.4, 0.5) is 10.8 Å². The molecule has 0 aliphatic heterocycles. The third kappa shape index (κ3) is 4.29. The van der Waals surface area contributed by atoms with E-state index in [0.29, 0.717) is 6.42 Å². The molecule has 0 atom stereocenters. The molecule has 21 heavy (non-hydrogen) atoms. The van der Waals surface area contributed by atoms with Crippen LogP contribution in [-0.4, -0.2) is 16.1 Å². The summed E-state index contributed by atoms with van der Waals surface area (Å²) >= 11 is 1.50. The van der Waals surface area contributed by atoms with Gasteiger partial charge in [0.1, 0.15) is 0 Å². The largest absolute Gasteiger partial charge is 0.481 e. The van der Waals surface area contributed by atoms with Crippen molar-refractivity contribution in [3.8, 4) is 0 Å². The second-order valence-electron chi connectivity index (χ2n) is 5.96. The number of para-hydroxylation sites is 1. The molecule has 0 saturated carbocycles. The Bertz CT molecular complexity index is 629. The molecular weight excluding hydrogens is 284 g/mol. The van der Waals surface area contributed by atoms with Gasteiger partial charge in [0.2, 0.25) is 0 Å². The third-order valence-electron chi connectivity index (χ3n) is 3.12. The molecule has 112 valence electrons. The van der Waals surface area contributed by atoms with Crippen molar-refractivity contribution in [3.63, 3.8) is 0 Å². The average Bonchev–Trinajstić information content (AvgIpc) is 2.83. The van der Waals surface area contributed by atoms with Gasteiger partial charge >= 0.3 is 5.97 Å². The Balaban J connectivity index is 2.14. The van der Waals surface area contributed by atoms with Crippen LogP contribution in [0.1, 0.15) is 38.4 Å². The second-order valence-corrected chi connectivity index (χ2v) is 6.82. The van der Waals surface area contributed by atoms with Crippen molar-refractivity contribution in [2.75, 3.05) is 5.32 Å². The van der Waals surface area contributed by atoms with E-state index in [0.717, 1.165) is 16.5 Å².